The molecule has 0 aromatic heterocycles. The summed E-state index contributed by atoms with van der Waals surface area (Å²) in [5, 5.41) is 10.6. The Morgan fingerprint density at radius 1 is 0.267 bits per heavy atom. The van der Waals surface area contributed by atoms with Gasteiger partial charge in [0.15, 0.2) is 12.2 Å². The van der Waals surface area contributed by atoms with E-state index >= 15 is 0 Å². The SMILES string of the molecule is CCCCCCCCCCCCCCCCCCCCCCCC(=O)O[C@H](COC(=O)CCCCCCCCCCCCCCCCCCC)COP(=O)(O)OC[C@@H](O)COP(=O)(O)OC[C@@H](COC(=O)CCCCCCCCCCCC)OC(=O)CCCCCCCCCCCCC(C)C. The number of carbonyl (C=O) groups is 4. The van der Waals surface area contributed by atoms with Crippen molar-refractivity contribution < 1.29 is 80.2 Å². The summed E-state index contributed by atoms with van der Waals surface area (Å²) in [5.74, 6) is -1.35. The molecule has 0 aliphatic heterocycles. The quantitative estimate of drug-likeness (QED) is 0.0222. The maximum Gasteiger partial charge on any atom is 0.472 e. The Balaban J connectivity index is 5.21. The molecule has 0 saturated heterocycles. The lowest BCUT2D eigenvalue weighted by Crippen LogP contribution is -2.30. The van der Waals surface area contributed by atoms with E-state index in [1.54, 1.807) is 0 Å². The molecule has 19 heteroatoms. The molecular weight excluding hydrogens is 1320 g/mol. The van der Waals surface area contributed by atoms with Gasteiger partial charge in [-0.3, -0.25) is 37.3 Å². The van der Waals surface area contributed by atoms with Gasteiger partial charge in [-0.1, -0.05) is 388 Å². The predicted molar refractivity (Wildman–Crippen MR) is 414 cm³/mol. The van der Waals surface area contributed by atoms with Gasteiger partial charge in [0.2, 0.25) is 0 Å². The standard InChI is InChI=1S/C82H160O17P2/c1-6-9-12-15-18-21-24-26-28-30-31-32-33-35-37-39-41-47-52-57-62-67-81(86)98-78(72-93-80(85)66-61-56-51-46-40-38-36-34-29-27-25-22-19-16-13-10-7-2)74-97-101(90,91)95-70-76(83)69-94-100(88,89)96-73-77(71-92-79(84)65-60-55-50-45-23-20-17-14-11-8-3)99-82(87)68-63-58-53-48-43-42-44-49-54-59-64-75(4)5/h75-78,83H,6-74H2,1-5H3,(H,88,89)(H,90,91)/t76-,77+,78+/m0/s1. The Hall–Kier alpha value is -1.94. The Kier molecular flexibility index (Phi) is 73.5. The summed E-state index contributed by atoms with van der Waals surface area (Å²) in [6, 6.07) is 0. The first kappa shape index (κ1) is 99.1. The molecule has 0 aromatic rings. The van der Waals surface area contributed by atoms with Crippen molar-refractivity contribution in [3.05, 3.63) is 0 Å². The first-order chi connectivity index (χ1) is 49.0. The van der Waals surface area contributed by atoms with Crippen molar-refractivity contribution in [1.82, 2.24) is 0 Å². The molecule has 17 nitrogen and oxygen atoms in total. The van der Waals surface area contributed by atoms with Gasteiger partial charge >= 0.3 is 39.5 Å². The number of phosphoric ester groups is 2. The van der Waals surface area contributed by atoms with Crippen molar-refractivity contribution in [2.75, 3.05) is 39.6 Å². The number of unbranched alkanes of at least 4 members (excludes halogenated alkanes) is 54. The smallest absolute Gasteiger partial charge is 0.462 e. The molecule has 0 aliphatic rings. The van der Waals surface area contributed by atoms with E-state index < -0.39 is 97.5 Å². The van der Waals surface area contributed by atoms with Gasteiger partial charge in [0.05, 0.1) is 26.4 Å². The Bertz CT molecular complexity index is 1930. The van der Waals surface area contributed by atoms with E-state index in [0.29, 0.717) is 25.7 Å². The molecular formula is C82H160O17P2. The maximum atomic E-state index is 13.1. The molecule has 0 radical (unpaired) electrons. The van der Waals surface area contributed by atoms with E-state index in [4.69, 9.17) is 37.0 Å². The number of hydrogen-bond donors (Lipinski definition) is 3. The molecule has 0 aliphatic carbocycles. The van der Waals surface area contributed by atoms with Crippen LogP contribution in [0.1, 0.15) is 439 Å². The second kappa shape index (κ2) is 74.9. The molecule has 101 heavy (non-hydrogen) atoms. The van der Waals surface area contributed by atoms with E-state index in [0.717, 1.165) is 95.8 Å². The number of ether oxygens (including phenoxy) is 4. The van der Waals surface area contributed by atoms with Crippen LogP contribution in [0, 0.1) is 5.92 Å². The third kappa shape index (κ3) is 76.1. The lowest BCUT2D eigenvalue weighted by molar-refractivity contribution is -0.161. The highest BCUT2D eigenvalue weighted by atomic mass is 31.2. The zero-order valence-corrected chi connectivity index (χ0v) is 67.8. The summed E-state index contributed by atoms with van der Waals surface area (Å²) >= 11 is 0. The first-order valence-corrected chi connectivity index (χ1v) is 45.6. The van der Waals surface area contributed by atoms with E-state index in [2.05, 4.69) is 34.6 Å². The third-order valence-corrected chi connectivity index (χ3v) is 21.2. The lowest BCUT2D eigenvalue weighted by atomic mass is 10.0. The van der Waals surface area contributed by atoms with Gasteiger partial charge < -0.3 is 33.8 Å². The van der Waals surface area contributed by atoms with Gasteiger partial charge in [0.25, 0.3) is 0 Å². The highest BCUT2D eigenvalue weighted by Crippen LogP contribution is 2.45. The predicted octanol–water partition coefficient (Wildman–Crippen LogP) is 24.8. The molecule has 0 saturated carbocycles. The van der Waals surface area contributed by atoms with E-state index in [9.17, 15) is 43.2 Å². The van der Waals surface area contributed by atoms with Crippen LogP contribution in [0.25, 0.3) is 0 Å². The highest BCUT2D eigenvalue weighted by Gasteiger charge is 2.30. The highest BCUT2D eigenvalue weighted by molar-refractivity contribution is 7.47. The van der Waals surface area contributed by atoms with Gasteiger partial charge in [0.1, 0.15) is 19.3 Å². The monoisotopic (exact) mass is 1480 g/mol. The summed E-state index contributed by atoms with van der Waals surface area (Å²) < 4.78 is 68.7. The molecule has 0 amide bonds. The lowest BCUT2D eigenvalue weighted by Gasteiger charge is -2.21. The second-order valence-corrected chi connectivity index (χ2v) is 32.9. The molecule has 0 aromatic carbocycles. The minimum atomic E-state index is -4.96. The fourth-order valence-corrected chi connectivity index (χ4v) is 14.3. The normalized spacial score (nSPS) is 13.8. The minimum Gasteiger partial charge on any atom is -0.462 e. The average molecular weight is 1480 g/mol. The summed E-state index contributed by atoms with van der Waals surface area (Å²) in [4.78, 5) is 73.0. The van der Waals surface area contributed by atoms with Crippen molar-refractivity contribution in [3.63, 3.8) is 0 Å². The molecule has 3 N–H and O–H groups in total. The Morgan fingerprint density at radius 2 is 0.455 bits per heavy atom. The number of aliphatic hydroxyl groups is 1. The van der Waals surface area contributed by atoms with Crippen LogP contribution in [0.3, 0.4) is 0 Å². The van der Waals surface area contributed by atoms with Crippen LogP contribution in [-0.2, 0) is 65.4 Å². The van der Waals surface area contributed by atoms with E-state index in [-0.39, 0.29) is 25.7 Å². The third-order valence-electron chi connectivity index (χ3n) is 19.3. The van der Waals surface area contributed by atoms with Crippen LogP contribution in [0.15, 0.2) is 0 Å². The van der Waals surface area contributed by atoms with Gasteiger partial charge in [-0.15, -0.1) is 0 Å². The number of rotatable bonds is 82. The van der Waals surface area contributed by atoms with Crippen LogP contribution in [0.2, 0.25) is 0 Å². The maximum absolute atomic E-state index is 13.1. The molecule has 600 valence electrons. The number of aliphatic hydroxyl groups excluding tert-OH is 1. The number of esters is 4. The van der Waals surface area contributed by atoms with Crippen molar-refractivity contribution in [2.45, 2.75) is 457 Å². The summed E-state index contributed by atoms with van der Waals surface area (Å²) in [6.07, 6.45) is 66.7. The summed E-state index contributed by atoms with van der Waals surface area (Å²) in [7, 11) is -9.92. The molecule has 0 fully saturated rings. The number of phosphoric acid groups is 2. The van der Waals surface area contributed by atoms with Gasteiger partial charge in [0, 0.05) is 25.7 Å². The van der Waals surface area contributed by atoms with Crippen LogP contribution in [-0.4, -0.2) is 96.7 Å². The minimum absolute atomic E-state index is 0.107. The van der Waals surface area contributed by atoms with Crippen LogP contribution >= 0.6 is 15.6 Å². The fraction of sp³-hybridized carbons (Fsp3) is 0.951. The largest absolute Gasteiger partial charge is 0.472 e. The van der Waals surface area contributed by atoms with Crippen molar-refractivity contribution in [1.29, 1.82) is 0 Å². The summed E-state index contributed by atoms with van der Waals surface area (Å²) in [5.41, 5.74) is 0. The Morgan fingerprint density at radius 3 is 0.673 bits per heavy atom. The molecule has 0 rings (SSSR count). The number of hydrogen-bond acceptors (Lipinski definition) is 15. The van der Waals surface area contributed by atoms with Crippen LogP contribution in [0.4, 0.5) is 0 Å². The van der Waals surface area contributed by atoms with Crippen molar-refractivity contribution >= 4 is 39.5 Å². The first-order valence-electron chi connectivity index (χ1n) is 42.6. The number of carbonyl (C=O) groups excluding carboxylic acids is 4. The summed E-state index contributed by atoms with van der Waals surface area (Å²) in [6.45, 7) is 7.32. The van der Waals surface area contributed by atoms with Crippen molar-refractivity contribution in [3.8, 4) is 0 Å². The van der Waals surface area contributed by atoms with E-state index in [1.165, 1.54) is 263 Å². The van der Waals surface area contributed by atoms with E-state index in [1.807, 2.05) is 0 Å². The zero-order chi connectivity index (χ0) is 74.1. The molecule has 2 unspecified atom stereocenters. The fourth-order valence-electron chi connectivity index (χ4n) is 12.8. The average Bonchev–Trinajstić information content (AvgIpc) is 1.06. The van der Waals surface area contributed by atoms with Gasteiger partial charge in [-0.2, -0.15) is 0 Å². The van der Waals surface area contributed by atoms with Gasteiger partial charge in [-0.25, -0.2) is 9.13 Å². The Labute approximate surface area is 619 Å². The second-order valence-electron chi connectivity index (χ2n) is 30.0. The van der Waals surface area contributed by atoms with Gasteiger partial charge in [-0.05, 0) is 31.6 Å². The van der Waals surface area contributed by atoms with Crippen molar-refractivity contribution in [2.24, 2.45) is 5.92 Å². The zero-order valence-electron chi connectivity index (χ0n) is 66.1. The van der Waals surface area contributed by atoms with Crippen LogP contribution in [0.5, 0.6) is 0 Å². The molecule has 0 spiro atoms. The molecule has 0 heterocycles. The molecule has 5 atom stereocenters. The topological polar surface area (TPSA) is 237 Å². The molecule has 0 bridgehead atoms. The van der Waals surface area contributed by atoms with Crippen LogP contribution < -0.4 is 0 Å².